The highest BCUT2D eigenvalue weighted by atomic mass is 32.2. The summed E-state index contributed by atoms with van der Waals surface area (Å²) in [7, 11) is 0. The van der Waals surface area contributed by atoms with Crippen molar-refractivity contribution >= 4 is 17.7 Å². The molecule has 0 saturated carbocycles. The Morgan fingerprint density at radius 1 is 1.30 bits per heavy atom. The molecule has 0 radical (unpaired) electrons. The van der Waals surface area contributed by atoms with Crippen LogP contribution in [0, 0.1) is 13.8 Å². The molecule has 0 spiro atoms. The van der Waals surface area contributed by atoms with Gasteiger partial charge in [-0.05, 0) is 25.5 Å². The highest BCUT2D eigenvalue weighted by Crippen LogP contribution is 2.22. The van der Waals surface area contributed by atoms with E-state index in [1.54, 1.807) is 11.8 Å². The molecule has 0 bridgehead atoms. The third-order valence-electron chi connectivity index (χ3n) is 2.90. The van der Waals surface area contributed by atoms with E-state index >= 15 is 0 Å². The third kappa shape index (κ3) is 3.65. The standard InChI is InChI=1S/C15H18N2O2S/c1-10-4-3-5-12(6-10)8-20-9-13-7-11(2)14(19-13)15(18)17-16/h3-7H,8-9,16H2,1-2H3,(H,17,18). The second-order valence-electron chi connectivity index (χ2n) is 4.68. The van der Waals surface area contributed by atoms with E-state index < -0.39 is 5.91 Å². The predicted octanol–water partition coefficient (Wildman–Crippen LogP) is 2.93. The summed E-state index contributed by atoms with van der Waals surface area (Å²) in [5, 5.41) is 0. The number of aryl methyl sites for hydroxylation is 2. The van der Waals surface area contributed by atoms with Crippen molar-refractivity contribution in [3.05, 3.63) is 58.5 Å². The van der Waals surface area contributed by atoms with Gasteiger partial charge in [0.1, 0.15) is 5.76 Å². The van der Waals surface area contributed by atoms with Crippen molar-refractivity contribution in [2.45, 2.75) is 25.4 Å². The number of furan rings is 1. The van der Waals surface area contributed by atoms with Crippen molar-refractivity contribution in [3.63, 3.8) is 0 Å². The number of carbonyl (C=O) groups is 1. The Bertz CT molecular complexity index is 608. The number of nitrogens with two attached hydrogens (primary N) is 1. The van der Waals surface area contributed by atoms with Crippen LogP contribution in [0.2, 0.25) is 0 Å². The summed E-state index contributed by atoms with van der Waals surface area (Å²) < 4.78 is 5.52. The summed E-state index contributed by atoms with van der Waals surface area (Å²) in [6, 6.07) is 10.3. The first kappa shape index (κ1) is 14.7. The van der Waals surface area contributed by atoms with Crippen molar-refractivity contribution < 1.29 is 9.21 Å². The molecule has 0 atom stereocenters. The van der Waals surface area contributed by atoms with E-state index in [-0.39, 0.29) is 0 Å². The van der Waals surface area contributed by atoms with Crippen LogP contribution in [0.5, 0.6) is 0 Å². The molecule has 5 heteroatoms. The average molecular weight is 290 g/mol. The van der Waals surface area contributed by atoms with Crippen LogP contribution in [0.1, 0.15) is 33.0 Å². The largest absolute Gasteiger partial charge is 0.455 e. The average Bonchev–Trinajstić information content (AvgIpc) is 2.79. The van der Waals surface area contributed by atoms with Gasteiger partial charge in [-0.3, -0.25) is 10.2 Å². The zero-order chi connectivity index (χ0) is 14.5. The fourth-order valence-electron chi connectivity index (χ4n) is 1.98. The lowest BCUT2D eigenvalue weighted by atomic mass is 10.2. The van der Waals surface area contributed by atoms with Gasteiger partial charge in [0.05, 0.1) is 5.75 Å². The first-order valence-electron chi connectivity index (χ1n) is 6.33. The quantitative estimate of drug-likeness (QED) is 0.505. The molecular weight excluding hydrogens is 272 g/mol. The molecule has 1 aromatic heterocycles. The van der Waals surface area contributed by atoms with Gasteiger partial charge >= 0.3 is 5.91 Å². The van der Waals surface area contributed by atoms with Gasteiger partial charge in [-0.2, -0.15) is 0 Å². The van der Waals surface area contributed by atoms with Gasteiger partial charge in [0.25, 0.3) is 0 Å². The summed E-state index contributed by atoms with van der Waals surface area (Å²) in [4.78, 5) is 11.4. The van der Waals surface area contributed by atoms with Crippen LogP contribution in [-0.4, -0.2) is 5.91 Å². The highest BCUT2D eigenvalue weighted by Gasteiger charge is 2.14. The Morgan fingerprint density at radius 2 is 2.10 bits per heavy atom. The van der Waals surface area contributed by atoms with Crippen LogP contribution >= 0.6 is 11.8 Å². The van der Waals surface area contributed by atoms with Gasteiger partial charge in [0.2, 0.25) is 0 Å². The Kier molecular flexibility index (Phi) is 4.87. The number of hydrogen-bond acceptors (Lipinski definition) is 4. The summed E-state index contributed by atoms with van der Waals surface area (Å²) in [6.07, 6.45) is 0. The second kappa shape index (κ2) is 6.63. The fourth-order valence-corrected chi connectivity index (χ4v) is 2.84. The van der Waals surface area contributed by atoms with Crippen molar-refractivity contribution in [1.82, 2.24) is 5.43 Å². The van der Waals surface area contributed by atoms with Crippen LogP contribution in [0.25, 0.3) is 0 Å². The molecule has 0 aliphatic rings. The Labute approximate surface area is 122 Å². The number of nitrogens with one attached hydrogen (secondary N) is 1. The molecular formula is C15H18N2O2S. The number of nitrogen functional groups attached to an aromatic ring is 1. The van der Waals surface area contributed by atoms with Crippen molar-refractivity contribution in [3.8, 4) is 0 Å². The van der Waals surface area contributed by atoms with Gasteiger partial charge in [-0.1, -0.05) is 29.8 Å². The highest BCUT2D eigenvalue weighted by molar-refractivity contribution is 7.97. The summed E-state index contributed by atoms with van der Waals surface area (Å²) in [5.41, 5.74) is 5.44. The number of amides is 1. The summed E-state index contributed by atoms with van der Waals surface area (Å²) in [5.74, 6) is 7.44. The maximum atomic E-state index is 11.4. The first-order chi connectivity index (χ1) is 9.60. The van der Waals surface area contributed by atoms with E-state index in [1.165, 1.54) is 11.1 Å². The van der Waals surface area contributed by atoms with E-state index in [1.807, 2.05) is 13.0 Å². The maximum Gasteiger partial charge on any atom is 0.301 e. The van der Waals surface area contributed by atoms with E-state index in [0.29, 0.717) is 5.76 Å². The minimum Gasteiger partial charge on any atom is -0.455 e. The van der Waals surface area contributed by atoms with Gasteiger partial charge in [0, 0.05) is 11.3 Å². The van der Waals surface area contributed by atoms with E-state index in [2.05, 4.69) is 36.6 Å². The summed E-state index contributed by atoms with van der Waals surface area (Å²) in [6.45, 7) is 3.92. The van der Waals surface area contributed by atoms with Crippen LogP contribution < -0.4 is 11.3 Å². The van der Waals surface area contributed by atoms with Crippen molar-refractivity contribution in [1.29, 1.82) is 0 Å². The Hall–Kier alpha value is -1.72. The molecule has 106 valence electrons. The molecule has 0 saturated heterocycles. The predicted molar refractivity (Wildman–Crippen MR) is 81.3 cm³/mol. The lowest BCUT2D eigenvalue weighted by Gasteiger charge is -2.01. The number of rotatable bonds is 5. The molecule has 1 heterocycles. The van der Waals surface area contributed by atoms with Gasteiger partial charge in [-0.15, -0.1) is 11.8 Å². The molecule has 1 amide bonds. The number of hydrogen-bond donors (Lipinski definition) is 2. The molecule has 0 fully saturated rings. The molecule has 0 aliphatic carbocycles. The summed E-state index contributed by atoms with van der Waals surface area (Å²) >= 11 is 1.75. The van der Waals surface area contributed by atoms with Crippen molar-refractivity contribution in [2.24, 2.45) is 5.84 Å². The van der Waals surface area contributed by atoms with Gasteiger partial charge in [-0.25, -0.2) is 5.84 Å². The van der Waals surface area contributed by atoms with Crippen LogP contribution in [-0.2, 0) is 11.5 Å². The lowest BCUT2D eigenvalue weighted by Crippen LogP contribution is -2.30. The minimum atomic E-state index is -0.391. The molecule has 3 N–H and O–H groups in total. The Balaban J connectivity index is 1.93. The minimum absolute atomic E-state index is 0.290. The number of carbonyl (C=O) groups excluding carboxylic acids is 1. The molecule has 4 nitrogen and oxygen atoms in total. The second-order valence-corrected chi connectivity index (χ2v) is 5.67. The van der Waals surface area contributed by atoms with Crippen LogP contribution in [0.3, 0.4) is 0 Å². The topological polar surface area (TPSA) is 68.3 Å². The smallest absolute Gasteiger partial charge is 0.301 e. The fraction of sp³-hybridized carbons (Fsp3) is 0.267. The third-order valence-corrected chi connectivity index (χ3v) is 3.93. The van der Waals surface area contributed by atoms with Crippen LogP contribution in [0.4, 0.5) is 0 Å². The first-order valence-corrected chi connectivity index (χ1v) is 7.49. The number of hydrazine groups is 1. The number of benzene rings is 1. The molecule has 0 unspecified atom stereocenters. The maximum absolute atomic E-state index is 11.4. The zero-order valence-electron chi connectivity index (χ0n) is 11.6. The number of thioether (sulfide) groups is 1. The van der Waals surface area contributed by atoms with Crippen molar-refractivity contribution in [2.75, 3.05) is 0 Å². The Morgan fingerprint density at radius 3 is 2.80 bits per heavy atom. The molecule has 20 heavy (non-hydrogen) atoms. The SMILES string of the molecule is Cc1cccc(CSCc2cc(C)c(C(=O)NN)o2)c1. The lowest BCUT2D eigenvalue weighted by molar-refractivity contribution is 0.0923. The van der Waals surface area contributed by atoms with E-state index in [4.69, 9.17) is 10.3 Å². The molecule has 1 aromatic carbocycles. The van der Waals surface area contributed by atoms with Gasteiger partial charge in [0.15, 0.2) is 5.76 Å². The zero-order valence-corrected chi connectivity index (χ0v) is 12.4. The normalized spacial score (nSPS) is 10.6. The molecule has 2 aromatic rings. The van der Waals surface area contributed by atoms with E-state index in [9.17, 15) is 4.79 Å². The van der Waals surface area contributed by atoms with Gasteiger partial charge < -0.3 is 4.42 Å². The van der Waals surface area contributed by atoms with Crippen LogP contribution in [0.15, 0.2) is 34.7 Å². The molecule has 0 aliphatic heterocycles. The molecule has 2 rings (SSSR count). The van der Waals surface area contributed by atoms with E-state index in [0.717, 1.165) is 22.8 Å². The monoisotopic (exact) mass is 290 g/mol.